The summed E-state index contributed by atoms with van der Waals surface area (Å²) >= 11 is 2.21. The van der Waals surface area contributed by atoms with Crippen molar-refractivity contribution in [2.45, 2.75) is 45.1 Å². The van der Waals surface area contributed by atoms with Crippen LogP contribution in [0.25, 0.3) is 0 Å². The van der Waals surface area contributed by atoms with Crippen LogP contribution in [-0.4, -0.2) is 23.6 Å². The molecule has 4 nitrogen and oxygen atoms in total. The van der Waals surface area contributed by atoms with E-state index in [0.29, 0.717) is 12.2 Å². The molecular formula is C14H19IN2O2. The van der Waals surface area contributed by atoms with E-state index in [1.807, 2.05) is 13.0 Å². The van der Waals surface area contributed by atoms with Crippen molar-refractivity contribution in [2.24, 2.45) is 0 Å². The summed E-state index contributed by atoms with van der Waals surface area (Å²) in [5.41, 5.74) is 0.995. The minimum atomic E-state index is 0.0194. The Morgan fingerprint density at radius 1 is 1.58 bits per heavy atom. The predicted octanol–water partition coefficient (Wildman–Crippen LogP) is 3.28. The normalized spacial score (nSPS) is 19.2. The van der Waals surface area contributed by atoms with Crippen molar-refractivity contribution in [1.82, 2.24) is 4.98 Å². The highest BCUT2D eigenvalue weighted by molar-refractivity contribution is 14.1. The fourth-order valence-electron chi connectivity index (χ4n) is 2.19. The Morgan fingerprint density at radius 3 is 3.11 bits per heavy atom. The molecule has 2 rings (SSSR count). The first-order valence-electron chi connectivity index (χ1n) is 6.69. The van der Waals surface area contributed by atoms with E-state index in [9.17, 15) is 4.79 Å². The van der Waals surface area contributed by atoms with E-state index >= 15 is 0 Å². The second-order valence-corrected chi connectivity index (χ2v) is 6.14. The number of aromatic nitrogens is 1. The highest BCUT2D eigenvalue weighted by Crippen LogP contribution is 2.18. The van der Waals surface area contributed by atoms with Gasteiger partial charge in [0.1, 0.15) is 5.82 Å². The molecule has 1 fully saturated rings. The van der Waals surface area contributed by atoms with Gasteiger partial charge >= 0.3 is 0 Å². The van der Waals surface area contributed by atoms with Gasteiger partial charge in [0.2, 0.25) is 5.91 Å². The molecule has 0 bridgehead atoms. The summed E-state index contributed by atoms with van der Waals surface area (Å²) in [7, 11) is 0. The Hall–Kier alpha value is -0.690. The maximum absolute atomic E-state index is 11.9. The molecule has 1 aromatic heterocycles. The van der Waals surface area contributed by atoms with Gasteiger partial charge in [-0.3, -0.25) is 4.79 Å². The van der Waals surface area contributed by atoms with Gasteiger partial charge in [0.05, 0.1) is 6.10 Å². The number of carbonyl (C=O) groups is 1. The zero-order valence-corrected chi connectivity index (χ0v) is 13.3. The van der Waals surface area contributed by atoms with Crippen molar-refractivity contribution in [1.29, 1.82) is 0 Å². The molecular weight excluding hydrogens is 355 g/mol. The van der Waals surface area contributed by atoms with Gasteiger partial charge in [-0.25, -0.2) is 4.98 Å². The minimum Gasteiger partial charge on any atom is -0.378 e. The van der Waals surface area contributed by atoms with E-state index < -0.39 is 0 Å². The quantitative estimate of drug-likeness (QED) is 0.823. The zero-order chi connectivity index (χ0) is 13.7. The van der Waals surface area contributed by atoms with Gasteiger partial charge in [-0.1, -0.05) is 0 Å². The van der Waals surface area contributed by atoms with Gasteiger partial charge in [0, 0.05) is 22.8 Å². The van der Waals surface area contributed by atoms with Gasteiger partial charge in [0.15, 0.2) is 0 Å². The Balaban J connectivity index is 1.80. The second-order valence-electron chi connectivity index (χ2n) is 4.89. The van der Waals surface area contributed by atoms with Crippen molar-refractivity contribution >= 4 is 34.3 Å². The summed E-state index contributed by atoms with van der Waals surface area (Å²) in [6.07, 6.45) is 6.75. The lowest BCUT2D eigenvalue weighted by Gasteiger charge is -2.22. The first-order chi connectivity index (χ1) is 9.15. The number of aryl methyl sites for hydroxylation is 1. The summed E-state index contributed by atoms with van der Waals surface area (Å²) in [5.74, 6) is 0.681. The lowest BCUT2D eigenvalue weighted by Crippen LogP contribution is -2.22. The van der Waals surface area contributed by atoms with E-state index in [1.54, 1.807) is 6.20 Å². The molecule has 0 aromatic carbocycles. The summed E-state index contributed by atoms with van der Waals surface area (Å²) in [4.78, 5) is 16.1. The van der Waals surface area contributed by atoms with E-state index in [1.165, 1.54) is 6.42 Å². The lowest BCUT2D eigenvalue weighted by atomic mass is 10.0. The molecule has 2 heterocycles. The molecule has 1 amide bonds. The third-order valence-electron chi connectivity index (χ3n) is 3.27. The van der Waals surface area contributed by atoms with Gasteiger partial charge in [-0.05, 0) is 66.8 Å². The average molecular weight is 374 g/mol. The number of anilines is 1. The van der Waals surface area contributed by atoms with Crippen molar-refractivity contribution in [2.75, 3.05) is 11.9 Å². The molecule has 5 heteroatoms. The summed E-state index contributed by atoms with van der Waals surface area (Å²) < 4.78 is 6.69. The molecule has 1 atom stereocenters. The number of carbonyl (C=O) groups excluding carboxylic acids is 1. The van der Waals surface area contributed by atoms with Crippen molar-refractivity contribution in [3.05, 3.63) is 21.4 Å². The molecule has 0 radical (unpaired) electrons. The highest BCUT2D eigenvalue weighted by atomic mass is 127. The number of halogens is 1. The molecule has 1 saturated heterocycles. The SMILES string of the molecule is Cc1cc(I)cnc1NC(=O)CCC1CCCCO1. The van der Waals surface area contributed by atoms with Gasteiger partial charge in [0.25, 0.3) is 0 Å². The Bertz CT molecular complexity index is 445. The molecule has 0 saturated carbocycles. The maximum Gasteiger partial charge on any atom is 0.225 e. The first-order valence-corrected chi connectivity index (χ1v) is 7.76. The number of amides is 1. The van der Waals surface area contributed by atoms with Gasteiger partial charge in [-0.15, -0.1) is 0 Å². The molecule has 0 spiro atoms. The second kappa shape index (κ2) is 7.19. The summed E-state index contributed by atoms with van der Waals surface area (Å²) in [6, 6.07) is 2.01. The Kier molecular flexibility index (Phi) is 5.57. The van der Waals surface area contributed by atoms with Crippen LogP contribution in [0.5, 0.6) is 0 Å². The van der Waals surface area contributed by atoms with Crippen LogP contribution in [0.2, 0.25) is 0 Å². The van der Waals surface area contributed by atoms with Crippen molar-refractivity contribution in [3.63, 3.8) is 0 Å². The topological polar surface area (TPSA) is 51.2 Å². The van der Waals surface area contributed by atoms with E-state index in [4.69, 9.17) is 4.74 Å². The monoisotopic (exact) mass is 374 g/mol. The van der Waals surface area contributed by atoms with E-state index in [-0.39, 0.29) is 12.0 Å². The minimum absolute atomic E-state index is 0.0194. The summed E-state index contributed by atoms with van der Waals surface area (Å²) in [5, 5.41) is 2.87. The van der Waals surface area contributed by atoms with Gasteiger partial charge in [-0.2, -0.15) is 0 Å². The predicted molar refractivity (Wildman–Crippen MR) is 83.1 cm³/mol. The van der Waals surface area contributed by atoms with Crippen LogP contribution in [0.1, 0.15) is 37.7 Å². The van der Waals surface area contributed by atoms with Crippen LogP contribution in [0.3, 0.4) is 0 Å². The lowest BCUT2D eigenvalue weighted by molar-refractivity contribution is -0.117. The van der Waals surface area contributed by atoms with Crippen molar-refractivity contribution < 1.29 is 9.53 Å². The number of nitrogens with one attached hydrogen (secondary N) is 1. The number of hydrogen-bond donors (Lipinski definition) is 1. The third kappa shape index (κ3) is 4.72. The van der Waals surface area contributed by atoms with Crippen LogP contribution >= 0.6 is 22.6 Å². The molecule has 1 aliphatic rings. The van der Waals surface area contributed by atoms with Crippen LogP contribution in [0, 0.1) is 10.5 Å². The summed E-state index contributed by atoms with van der Waals surface area (Å²) in [6.45, 7) is 2.79. The average Bonchev–Trinajstić information content (AvgIpc) is 2.41. The molecule has 0 aliphatic carbocycles. The molecule has 1 N–H and O–H groups in total. The van der Waals surface area contributed by atoms with E-state index in [0.717, 1.165) is 35.0 Å². The van der Waals surface area contributed by atoms with Gasteiger partial charge < -0.3 is 10.1 Å². The smallest absolute Gasteiger partial charge is 0.225 e. The van der Waals surface area contributed by atoms with Crippen molar-refractivity contribution in [3.8, 4) is 0 Å². The Labute approximate surface area is 127 Å². The molecule has 19 heavy (non-hydrogen) atoms. The van der Waals surface area contributed by atoms with Crippen LogP contribution in [0.15, 0.2) is 12.3 Å². The molecule has 104 valence electrons. The number of hydrogen-bond acceptors (Lipinski definition) is 3. The maximum atomic E-state index is 11.9. The largest absolute Gasteiger partial charge is 0.378 e. The van der Waals surface area contributed by atoms with E-state index in [2.05, 4.69) is 32.9 Å². The molecule has 1 aromatic rings. The number of ether oxygens (including phenoxy) is 1. The molecule has 1 unspecified atom stereocenters. The van der Waals surface area contributed by atoms with Crippen LogP contribution in [0.4, 0.5) is 5.82 Å². The van der Waals surface area contributed by atoms with Crippen LogP contribution in [-0.2, 0) is 9.53 Å². The highest BCUT2D eigenvalue weighted by Gasteiger charge is 2.15. The number of rotatable bonds is 4. The van der Waals surface area contributed by atoms with Crippen LogP contribution < -0.4 is 5.32 Å². The molecule has 1 aliphatic heterocycles. The Morgan fingerprint density at radius 2 is 2.42 bits per heavy atom. The fraction of sp³-hybridized carbons (Fsp3) is 0.571. The third-order valence-corrected chi connectivity index (χ3v) is 3.86. The fourth-order valence-corrected chi connectivity index (χ4v) is 2.80. The first kappa shape index (κ1) is 14.7. The standard InChI is InChI=1S/C14H19IN2O2/c1-10-8-11(15)9-16-14(10)17-13(18)6-5-12-4-2-3-7-19-12/h8-9,12H,2-7H2,1H3,(H,16,17,18). The number of nitrogens with zero attached hydrogens (tertiary/aromatic N) is 1. The number of pyridine rings is 1. The zero-order valence-electron chi connectivity index (χ0n) is 11.1.